The molecule has 0 saturated carbocycles. The molecule has 4 aromatic carbocycles. The van der Waals surface area contributed by atoms with Crippen molar-refractivity contribution in [3.63, 3.8) is 0 Å². The van der Waals surface area contributed by atoms with Crippen LogP contribution in [0.3, 0.4) is 0 Å². The Hall–Kier alpha value is -4.43. The topological polar surface area (TPSA) is 88.1 Å². The van der Waals surface area contributed by atoms with Crippen LogP contribution >= 0.6 is 0 Å². The molecule has 0 fully saturated rings. The molecule has 0 bridgehead atoms. The molecule has 37 heavy (non-hydrogen) atoms. The summed E-state index contributed by atoms with van der Waals surface area (Å²) in [7, 11) is -2.45. The normalized spacial score (nSPS) is 11.3. The molecule has 0 saturated heterocycles. The second kappa shape index (κ2) is 11.5. The van der Waals surface area contributed by atoms with Crippen molar-refractivity contribution in [3.8, 4) is 5.75 Å². The Kier molecular flexibility index (Phi) is 8.00. The van der Waals surface area contributed by atoms with Crippen molar-refractivity contribution < 1.29 is 17.9 Å². The number of hydrazone groups is 1. The highest BCUT2D eigenvalue weighted by molar-refractivity contribution is 7.92. The van der Waals surface area contributed by atoms with E-state index in [1.165, 1.54) is 10.5 Å². The van der Waals surface area contributed by atoms with E-state index in [9.17, 15) is 13.2 Å². The van der Waals surface area contributed by atoms with E-state index in [0.717, 1.165) is 11.1 Å². The number of nitrogens with zero attached hydrogens (tertiary/aromatic N) is 2. The van der Waals surface area contributed by atoms with Crippen LogP contribution in [0.25, 0.3) is 0 Å². The van der Waals surface area contributed by atoms with Crippen LogP contribution < -0.4 is 14.5 Å². The van der Waals surface area contributed by atoms with Crippen LogP contribution in [0.15, 0.2) is 113 Å². The van der Waals surface area contributed by atoms with Gasteiger partial charge in [0.2, 0.25) is 0 Å². The maximum absolute atomic E-state index is 13.8. The van der Waals surface area contributed by atoms with Crippen LogP contribution in [0.1, 0.15) is 27.0 Å². The first-order chi connectivity index (χ1) is 17.9. The molecule has 0 aliphatic rings. The number of aryl methyl sites for hydroxylation is 1. The Labute approximate surface area is 217 Å². The maximum Gasteiger partial charge on any atom is 0.273 e. The lowest BCUT2D eigenvalue weighted by atomic mass is 10.1. The molecule has 8 heteroatoms. The molecule has 7 nitrogen and oxygen atoms in total. The van der Waals surface area contributed by atoms with E-state index in [1.54, 1.807) is 67.8 Å². The highest BCUT2D eigenvalue weighted by Crippen LogP contribution is 2.29. The van der Waals surface area contributed by atoms with Gasteiger partial charge in [0.15, 0.2) is 0 Å². The summed E-state index contributed by atoms with van der Waals surface area (Å²) in [6, 6.07) is 29.7. The molecule has 0 atom stereocenters. The van der Waals surface area contributed by atoms with Crippen molar-refractivity contribution in [2.24, 2.45) is 5.10 Å². The highest BCUT2D eigenvalue weighted by atomic mass is 32.2. The molecule has 4 aromatic rings. The number of rotatable bonds is 9. The highest BCUT2D eigenvalue weighted by Gasteiger charge is 2.28. The average molecular weight is 514 g/mol. The van der Waals surface area contributed by atoms with Crippen LogP contribution in [0.2, 0.25) is 0 Å². The second-order valence-corrected chi connectivity index (χ2v) is 10.1. The Bertz CT molecular complexity index is 1500. The lowest BCUT2D eigenvalue weighted by Crippen LogP contribution is -2.33. The molecule has 0 unspecified atom stereocenters. The van der Waals surface area contributed by atoms with Crippen molar-refractivity contribution in [3.05, 3.63) is 125 Å². The number of carbonyl (C=O) groups is 1. The number of amides is 1. The van der Waals surface area contributed by atoms with Crippen LogP contribution in [0.5, 0.6) is 5.75 Å². The third-order valence-electron chi connectivity index (χ3n) is 5.70. The van der Waals surface area contributed by atoms with Crippen LogP contribution in [-0.4, -0.2) is 27.6 Å². The largest absolute Gasteiger partial charge is 0.496 e. The summed E-state index contributed by atoms with van der Waals surface area (Å²) < 4.78 is 34.2. The molecule has 1 amide bonds. The van der Waals surface area contributed by atoms with E-state index in [4.69, 9.17) is 4.74 Å². The lowest BCUT2D eigenvalue weighted by molar-refractivity contribution is 0.0955. The average Bonchev–Trinajstić information content (AvgIpc) is 2.92. The Morgan fingerprint density at radius 3 is 2.27 bits per heavy atom. The number of carbonyl (C=O) groups excluding carboxylic acids is 1. The molecule has 1 N–H and O–H groups in total. The summed E-state index contributed by atoms with van der Waals surface area (Å²) in [6.45, 7) is 1.94. The van der Waals surface area contributed by atoms with Crippen LogP contribution in [-0.2, 0) is 16.6 Å². The first-order valence-electron chi connectivity index (χ1n) is 11.6. The Morgan fingerprint density at radius 2 is 1.54 bits per heavy atom. The van der Waals surface area contributed by atoms with E-state index in [2.05, 4.69) is 10.5 Å². The quantitative estimate of drug-likeness (QED) is 0.247. The minimum Gasteiger partial charge on any atom is -0.496 e. The van der Waals surface area contributed by atoms with Gasteiger partial charge in [0.05, 0.1) is 36.0 Å². The van der Waals surface area contributed by atoms with Gasteiger partial charge in [-0.15, -0.1) is 0 Å². The van der Waals surface area contributed by atoms with Crippen molar-refractivity contribution >= 4 is 27.8 Å². The zero-order valence-electron chi connectivity index (χ0n) is 20.5. The summed E-state index contributed by atoms with van der Waals surface area (Å²) in [6.07, 6.45) is 1.48. The van der Waals surface area contributed by atoms with Gasteiger partial charge < -0.3 is 4.74 Å². The zero-order valence-corrected chi connectivity index (χ0v) is 21.4. The minimum absolute atomic E-state index is 0.0474. The number of nitrogens with one attached hydrogen (secondary N) is 1. The third-order valence-corrected chi connectivity index (χ3v) is 7.48. The summed E-state index contributed by atoms with van der Waals surface area (Å²) in [5.74, 6) is 0.0676. The third kappa shape index (κ3) is 6.05. The fraction of sp³-hybridized carbons (Fsp3) is 0.103. The summed E-state index contributed by atoms with van der Waals surface area (Å²) >= 11 is 0. The van der Waals surface area contributed by atoms with E-state index < -0.39 is 15.9 Å². The monoisotopic (exact) mass is 513 g/mol. The van der Waals surface area contributed by atoms with Crippen molar-refractivity contribution in [1.29, 1.82) is 0 Å². The number of methoxy groups -OCH3 is 1. The second-order valence-electron chi connectivity index (χ2n) is 8.27. The summed E-state index contributed by atoms with van der Waals surface area (Å²) in [5, 5.41) is 4.07. The van der Waals surface area contributed by atoms with E-state index in [0.29, 0.717) is 11.3 Å². The fourth-order valence-electron chi connectivity index (χ4n) is 3.76. The summed E-state index contributed by atoms with van der Waals surface area (Å²) in [5.41, 5.74) is 5.34. The first kappa shape index (κ1) is 25.7. The molecular weight excluding hydrogens is 486 g/mol. The van der Waals surface area contributed by atoms with Gasteiger partial charge in [0.25, 0.3) is 15.9 Å². The molecule has 0 aromatic heterocycles. The van der Waals surface area contributed by atoms with E-state index >= 15 is 0 Å². The van der Waals surface area contributed by atoms with E-state index in [-0.39, 0.29) is 22.7 Å². The SMILES string of the molecule is COc1ccccc1/C=N\NC(=O)c1ccccc1N(Cc1ccccc1)S(=O)(=O)c1ccc(C)cc1. The molecule has 188 valence electrons. The molecule has 0 heterocycles. The number of sulfonamides is 1. The number of hydrogen-bond acceptors (Lipinski definition) is 5. The van der Waals surface area contributed by atoms with Crippen LogP contribution in [0, 0.1) is 6.92 Å². The number of anilines is 1. The van der Waals surface area contributed by atoms with Gasteiger partial charge in [0, 0.05) is 5.56 Å². The smallest absolute Gasteiger partial charge is 0.273 e. The number of benzene rings is 4. The van der Waals surface area contributed by atoms with Crippen LogP contribution in [0.4, 0.5) is 5.69 Å². The van der Waals surface area contributed by atoms with Gasteiger partial charge in [-0.05, 0) is 48.9 Å². The van der Waals surface area contributed by atoms with Gasteiger partial charge >= 0.3 is 0 Å². The predicted molar refractivity (Wildman–Crippen MR) is 145 cm³/mol. The molecular formula is C29H27N3O4S. The first-order valence-corrected chi connectivity index (χ1v) is 13.0. The minimum atomic E-state index is -4.00. The molecule has 0 aliphatic heterocycles. The number of para-hydroxylation sites is 2. The van der Waals surface area contributed by atoms with Crippen molar-refractivity contribution in [1.82, 2.24) is 5.43 Å². The van der Waals surface area contributed by atoms with Crippen molar-refractivity contribution in [2.45, 2.75) is 18.4 Å². The summed E-state index contributed by atoms with van der Waals surface area (Å²) in [4.78, 5) is 13.3. The predicted octanol–water partition coefficient (Wildman–Crippen LogP) is 5.16. The molecule has 0 aliphatic carbocycles. The Balaban J connectivity index is 1.70. The lowest BCUT2D eigenvalue weighted by Gasteiger charge is -2.26. The standard InChI is InChI=1S/C29H27N3O4S/c1-22-16-18-25(19-17-22)37(34,35)32(21-23-10-4-3-5-11-23)27-14-8-7-13-26(27)29(33)31-30-20-24-12-6-9-15-28(24)36-2/h3-20H,21H2,1-2H3,(H,31,33)/b30-20-. The van der Waals surface area contributed by atoms with Gasteiger partial charge in [-0.1, -0.05) is 72.3 Å². The van der Waals surface area contributed by atoms with E-state index in [1.807, 2.05) is 49.4 Å². The van der Waals surface area contributed by atoms with Gasteiger partial charge in [-0.2, -0.15) is 5.10 Å². The molecule has 4 rings (SSSR count). The Morgan fingerprint density at radius 1 is 0.892 bits per heavy atom. The number of ether oxygens (including phenoxy) is 1. The number of hydrogen-bond donors (Lipinski definition) is 1. The van der Waals surface area contributed by atoms with Gasteiger partial charge in [-0.3, -0.25) is 9.10 Å². The van der Waals surface area contributed by atoms with Crippen molar-refractivity contribution in [2.75, 3.05) is 11.4 Å². The van der Waals surface area contributed by atoms with Gasteiger partial charge in [-0.25, -0.2) is 13.8 Å². The fourth-order valence-corrected chi connectivity index (χ4v) is 5.23. The maximum atomic E-state index is 13.8. The van der Waals surface area contributed by atoms with Gasteiger partial charge in [0.1, 0.15) is 5.75 Å². The molecule has 0 spiro atoms. The zero-order chi connectivity index (χ0) is 26.3. The molecule has 0 radical (unpaired) electrons.